The van der Waals surface area contributed by atoms with Crippen molar-refractivity contribution in [2.24, 2.45) is 34.1 Å². The number of ether oxygens (including phenoxy) is 1. The highest BCUT2D eigenvalue weighted by Crippen LogP contribution is 2.67. The summed E-state index contributed by atoms with van der Waals surface area (Å²) < 4.78 is 5.79. The van der Waals surface area contributed by atoms with Crippen molar-refractivity contribution in [1.82, 2.24) is 5.32 Å². The van der Waals surface area contributed by atoms with Crippen LogP contribution in [0.3, 0.4) is 0 Å². The minimum absolute atomic E-state index is 0.205. The Labute approximate surface area is 206 Å². The minimum Gasteiger partial charge on any atom is -0.425 e. The van der Waals surface area contributed by atoms with Crippen molar-refractivity contribution in [1.29, 1.82) is 0 Å². The van der Waals surface area contributed by atoms with Crippen molar-refractivity contribution in [3.8, 4) is 5.75 Å². The molecule has 0 aliphatic heterocycles. The average Bonchev–Trinajstić information content (AvgIpc) is 3.04. The van der Waals surface area contributed by atoms with Gasteiger partial charge < -0.3 is 21.5 Å². The first kappa shape index (κ1) is 25.1. The number of rotatable bonds is 7. The van der Waals surface area contributed by atoms with E-state index in [1.807, 2.05) is 0 Å². The van der Waals surface area contributed by atoms with E-state index in [2.05, 4.69) is 58.6 Å². The Morgan fingerprint density at radius 1 is 1.21 bits per heavy atom. The van der Waals surface area contributed by atoms with E-state index in [0.29, 0.717) is 41.3 Å². The summed E-state index contributed by atoms with van der Waals surface area (Å²) in [4.78, 5) is 12.7. The van der Waals surface area contributed by atoms with Gasteiger partial charge in [-0.3, -0.25) is 0 Å². The second kappa shape index (κ2) is 8.89. The molecule has 0 aromatic heterocycles. The Kier molecular flexibility index (Phi) is 6.56. The molecule has 1 aromatic carbocycles. The normalized spacial score (nSPS) is 32.2. The number of hydrogen-bond donors (Lipinski definition) is 3. The maximum absolute atomic E-state index is 12.7. The first-order chi connectivity index (χ1) is 15.9. The molecule has 1 aromatic rings. The van der Waals surface area contributed by atoms with Gasteiger partial charge in [0.1, 0.15) is 11.8 Å². The van der Waals surface area contributed by atoms with E-state index in [0.717, 1.165) is 18.8 Å². The topological polar surface area (TPSA) is 90.4 Å². The lowest BCUT2D eigenvalue weighted by molar-refractivity contribution is -0.136. The summed E-state index contributed by atoms with van der Waals surface area (Å²) in [5, 5.41) is 2.96. The number of nitrogens with two attached hydrogens (primary N) is 2. The number of aryl methyl sites for hydroxylation is 1. The van der Waals surface area contributed by atoms with E-state index in [9.17, 15) is 4.79 Å². The maximum Gasteiger partial charge on any atom is 0.328 e. The van der Waals surface area contributed by atoms with Gasteiger partial charge in [-0.1, -0.05) is 40.7 Å². The van der Waals surface area contributed by atoms with Crippen LogP contribution in [0.5, 0.6) is 5.75 Å². The van der Waals surface area contributed by atoms with Crippen LogP contribution < -0.4 is 21.5 Å². The van der Waals surface area contributed by atoms with Gasteiger partial charge >= 0.3 is 5.97 Å². The molecule has 3 aliphatic carbocycles. The predicted molar refractivity (Wildman–Crippen MR) is 138 cm³/mol. The number of hydrogen-bond acceptors (Lipinski definition) is 5. The number of fused-ring (bicyclic) bond motifs is 5. The summed E-state index contributed by atoms with van der Waals surface area (Å²) in [6.07, 6.45) is 8.93. The van der Waals surface area contributed by atoms with Gasteiger partial charge in [-0.05, 0) is 109 Å². The molecule has 1 unspecified atom stereocenters. The van der Waals surface area contributed by atoms with Crippen LogP contribution in [0.1, 0.15) is 89.3 Å². The summed E-state index contributed by atoms with van der Waals surface area (Å²) in [5.41, 5.74) is 16.7. The van der Waals surface area contributed by atoms with Crippen LogP contribution >= 0.6 is 0 Å². The first-order valence-corrected chi connectivity index (χ1v) is 13.2. The fourth-order valence-electron chi connectivity index (χ4n) is 8.37. The zero-order chi connectivity index (χ0) is 24.9. The van der Waals surface area contributed by atoms with E-state index in [1.165, 1.54) is 48.8 Å². The van der Waals surface area contributed by atoms with E-state index in [-0.39, 0.29) is 11.4 Å². The molecular weight excluding hydrogens is 422 g/mol. The molecule has 0 amide bonds. The Morgan fingerprint density at radius 3 is 2.65 bits per heavy atom. The van der Waals surface area contributed by atoms with E-state index in [4.69, 9.17) is 16.2 Å². The molecule has 0 bridgehead atoms. The van der Waals surface area contributed by atoms with Gasteiger partial charge in [-0.25, -0.2) is 4.79 Å². The highest BCUT2D eigenvalue weighted by atomic mass is 16.5. The number of nitrogens with one attached hydrogen (secondary N) is 1. The first-order valence-electron chi connectivity index (χ1n) is 13.2. The van der Waals surface area contributed by atoms with Gasteiger partial charge in [-0.2, -0.15) is 0 Å². The van der Waals surface area contributed by atoms with Crippen molar-refractivity contribution in [3.05, 3.63) is 41.2 Å². The Hall–Kier alpha value is -2.01. The molecule has 34 heavy (non-hydrogen) atoms. The van der Waals surface area contributed by atoms with Crippen molar-refractivity contribution < 1.29 is 9.53 Å². The summed E-state index contributed by atoms with van der Waals surface area (Å²) in [6, 6.07) is 3.53. The van der Waals surface area contributed by atoms with E-state index < -0.39 is 6.04 Å². The lowest BCUT2D eigenvalue weighted by Gasteiger charge is -2.61. The monoisotopic (exact) mass is 467 g/mol. The quantitative estimate of drug-likeness (QED) is 0.295. The molecule has 0 heterocycles. The number of carbonyl (C=O) groups excluding carboxylic acids is 1. The molecule has 5 nitrogen and oxygen atoms in total. The second-order valence-electron chi connectivity index (χ2n) is 12.5. The summed E-state index contributed by atoms with van der Waals surface area (Å²) in [5.74, 6) is 2.12. The minimum atomic E-state index is -0.648. The molecule has 0 saturated heterocycles. The van der Waals surface area contributed by atoms with Crippen LogP contribution in [0.4, 0.5) is 0 Å². The van der Waals surface area contributed by atoms with Crippen molar-refractivity contribution in [2.45, 2.75) is 97.4 Å². The Bertz CT molecular complexity index is 970. The highest BCUT2D eigenvalue weighted by Gasteiger charge is 2.61. The largest absolute Gasteiger partial charge is 0.425 e. The van der Waals surface area contributed by atoms with Crippen LogP contribution in [0.15, 0.2) is 24.5 Å². The smallest absolute Gasteiger partial charge is 0.328 e. The molecule has 4 rings (SSSR count). The average molecular weight is 468 g/mol. The van der Waals surface area contributed by atoms with Crippen molar-refractivity contribution in [2.75, 3.05) is 6.54 Å². The molecule has 0 spiro atoms. The van der Waals surface area contributed by atoms with Gasteiger partial charge in [0.05, 0.1) is 5.82 Å². The standard InChI is InChI=1S/C29H45N3O2/c1-18-15-21(34-26(33)22(31)9-7-14-32-19(2)30)16-20-17-24-28(5)12-8-11-27(3,4)23(28)10-13-29(24,6)25(18)20/h15-16,22-24,32H,2,7-14,17,30-31H2,1,3-6H3/t22?,23-,24-,28-,29+/m0/s1. The number of carbonyl (C=O) groups is 1. The highest BCUT2D eigenvalue weighted by molar-refractivity contribution is 5.78. The summed E-state index contributed by atoms with van der Waals surface area (Å²) in [7, 11) is 0. The van der Waals surface area contributed by atoms with Crippen LogP contribution in [-0.4, -0.2) is 18.6 Å². The molecule has 2 fully saturated rings. The van der Waals surface area contributed by atoms with Crippen molar-refractivity contribution >= 4 is 5.97 Å². The van der Waals surface area contributed by atoms with E-state index >= 15 is 0 Å². The molecule has 5 N–H and O–H groups in total. The molecule has 0 radical (unpaired) electrons. The van der Waals surface area contributed by atoms with Crippen LogP contribution in [0.25, 0.3) is 0 Å². The predicted octanol–water partition coefficient (Wildman–Crippen LogP) is 5.08. The van der Waals surface area contributed by atoms with Crippen molar-refractivity contribution in [3.63, 3.8) is 0 Å². The molecule has 5 heteroatoms. The number of benzene rings is 1. The molecule has 188 valence electrons. The Balaban J connectivity index is 1.51. The Morgan fingerprint density at radius 2 is 1.94 bits per heavy atom. The van der Waals surface area contributed by atoms with Crippen LogP contribution in [0, 0.1) is 29.6 Å². The fraction of sp³-hybridized carbons (Fsp3) is 0.690. The third kappa shape index (κ3) is 4.25. The molecule has 5 atom stereocenters. The zero-order valence-corrected chi connectivity index (χ0v) is 21.9. The van der Waals surface area contributed by atoms with Crippen LogP contribution in [0.2, 0.25) is 0 Å². The molecule has 3 aliphatic rings. The summed E-state index contributed by atoms with van der Waals surface area (Å²) >= 11 is 0. The van der Waals surface area contributed by atoms with Gasteiger partial charge in [0.25, 0.3) is 0 Å². The number of esters is 1. The SMILES string of the molecule is C=C(N)NCCCC(N)C(=O)Oc1cc(C)c2c(c1)C[C@H]1[C@@]3(C)CCCC(C)(C)[C@@H]3CC[C@@]21C. The summed E-state index contributed by atoms with van der Waals surface area (Å²) in [6.45, 7) is 16.5. The van der Waals surface area contributed by atoms with E-state index in [1.54, 1.807) is 0 Å². The van der Waals surface area contributed by atoms with Gasteiger partial charge in [0.2, 0.25) is 0 Å². The second-order valence-corrected chi connectivity index (χ2v) is 12.5. The maximum atomic E-state index is 12.7. The fourth-order valence-corrected chi connectivity index (χ4v) is 8.37. The van der Waals surface area contributed by atoms with Gasteiger partial charge in [0, 0.05) is 6.54 Å². The lowest BCUT2D eigenvalue weighted by Crippen LogP contribution is -2.55. The lowest BCUT2D eigenvalue weighted by atomic mass is 9.43. The molecule has 2 saturated carbocycles. The van der Waals surface area contributed by atoms with Gasteiger partial charge in [0.15, 0.2) is 0 Å². The third-order valence-corrected chi connectivity index (χ3v) is 9.74. The van der Waals surface area contributed by atoms with Gasteiger partial charge in [-0.15, -0.1) is 0 Å². The zero-order valence-electron chi connectivity index (χ0n) is 21.9. The molecular formula is C29H45N3O2. The van der Waals surface area contributed by atoms with Crippen LogP contribution in [-0.2, 0) is 16.6 Å². The third-order valence-electron chi connectivity index (χ3n) is 9.74.